The number of carbonyl (C=O) groups is 1. The van der Waals surface area contributed by atoms with Crippen LogP contribution in [0.3, 0.4) is 0 Å². The van der Waals surface area contributed by atoms with Crippen LogP contribution in [-0.4, -0.2) is 49.1 Å². The van der Waals surface area contributed by atoms with Gasteiger partial charge in [0.1, 0.15) is 5.60 Å². The van der Waals surface area contributed by atoms with Gasteiger partial charge in [0, 0.05) is 12.6 Å². The molecule has 1 aliphatic heterocycles. The molecule has 0 bridgehead atoms. The number of hydrogen-bond acceptors (Lipinski definition) is 3. The van der Waals surface area contributed by atoms with Crippen molar-refractivity contribution in [2.75, 3.05) is 19.5 Å². The van der Waals surface area contributed by atoms with Gasteiger partial charge in [-0.05, 0) is 40.2 Å². The first-order valence-electron chi connectivity index (χ1n) is 5.98. The summed E-state index contributed by atoms with van der Waals surface area (Å²) < 4.78 is 41.7. The third-order valence-electron chi connectivity index (χ3n) is 2.46. The molecule has 0 aromatic carbocycles. The van der Waals surface area contributed by atoms with E-state index in [4.69, 9.17) is 4.74 Å². The van der Waals surface area contributed by atoms with Gasteiger partial charge in [-0.2, -0.15) is 0 Å². The first-order chi connectivity index (χ1) is 8.05. The largest absolute Gasteiger partial charge is 0.492 e. The molecule has 106 valence electrons. The van der Waals surface area contributed by atoms with E-state index >= 15 is 0 Å². The second-order valence-corrected chi connectivity index (χ2v) is 5.60. The van der Waals surface area contributed by atoms with Crippen molar-refractivity contribution in [2.45, 2.75) is 38.8 Å². The average Bonchev–Trinajstić information content (AvgIpc) is 2.44. The van der Waals surface area contributed by atoms with Crippen LogP contribution in [-0.2, 0) is 4.74 Å². The maximum absolute atomic E-state index is 12.2. The number of alkyl carbamates (subject to hydrolysis) is 1. The van der Waals surface area contributed by atoms with Gasteiger partial charge in [0.25, 0.3) is 0 Å². The predicted octanol–water partition coefficient (Wildman–Crippen LogP) is 1.97. The number of rotatable bonds is 3. The molecule has 1 saturated heterocycles. The molecule has 18 heavy (non-hydrogen) atoms. The zero-order chi connectivity index (χ0) is 14.0. The molecular formula is C10H19BF3N2O2-. The van der Waals surface area contributed by atoms with Crippen molar-refractivity contribution in [1.82, 2.24) is 10.2 Å². The molecule has 0 aromatic heterocycles. The highest BCUT2D eigenvalue weighted by Gasteiger charge is 2.32. The second-order valence-electron chi connectivity index (χ2n) is 5.60. The molecule has 1 atom stereocenters. The summed E-state index contributed by atoms with van der Waals surface area (Å²) in [5, 5.41) is 2.59. The lowest BCUT2D eigenvalue weighted by Crippen LogP contribution is -2.42. The molecule has 0 unspecified atom stereocenters. The molecule has 0 spiro atoms. The standard InChI is InChI=1S/C10H19BF3N2O2/c1-10(2,3)18-9(17)15-8-4-5-16(6-8)7-11(12,13)14/h8H,4-7H2,1-3H3,(H,15,17)/q-1/t8-/m0/s1. The highest BCUT2D eigenvalue weighted by atomic mass is 19.4. The van der Waals surface area contributed by atoms with E-state index in [0.717, 1.165) is 0 Å². The first-order valence-corrected chi connectivity index (χ1v) is 5.98. The van der Waals surface area contributed by atoms with Gasteiger partial charge in [-0.25, -0.2) is 4.79 Å². The summed E-state index contributed by atoms with van der Waals surface area (Å²) in [6, 6.07) is -0.266. The maximum Gasteiger partial charge on any atom is 0.492 e. The van der Waals surface area contributed by atoms with E-state index in [1.807, 2.05) is 0 Å². The number of hydrogen-bond donors (Lipinski definition) is 1. The molecule has 1 aliphatic rings. The van der Waals surface area contributed by atoms with E-state index < -0.39 is 25.1 Å². The van der Waals surface area contributed by atoms with E-state index in [9.17, 15) is 17.7 Å². The minimum Gasteiger partial charge on any atom is -0.448 e. The molecule has 0 saturated carbocycles. The van der Waals surface area contributed by atoms with Gasteiger partial charge in [0.15, 0.2) is 0 Å². The van der Waals surface area contributed by atoms with Crippen LogP contribution in [0.4, 0.5) is 17.7 Å². The minimum atomic E-state index is -4.80. The summed E-state index contributed by atoms with van der Waals surface area (Å²) in [6.45, 7) is 0.976. The lowest BCUT2D eigenvalue weighted by atomic mass is 9.91. The van der Waals surface area contributed by atoms with E-state index in [-0.39, 0.29) is 12.6 Å². The molecule has 1 rings (SSSR count). The number of amides is 1. The van der Waals surface area contributed by atoms with E-state index in [1.54, 1.807) is 20.8 Å². The topological polar surface area (TPSA) is 41.6 Å². The monoisotopic (exact) mass is 267 g/mol. The van der Waals surface area contributed by atoms with Crippen molar-refractivity contribution < 1.29 is 22.5 Å². The lowest BCUT2D eigenvalue weighted by molar-refractivity contribution is 0.0506. The quantitative estimate of drug-likeness (QED) is 0.795. The maximum atomic E-state index is 12.2. The Morgan fingerprint density at radius 1 is 1.44 bits per heavy atom. The Labute approximate surface area is 105 Å². The van der Waals surface area contributed by atoms with Crippen molar-refractivity contribution in [3.8, 4) is 0 Å². The van der Waals surface area contributed by atoms with Gasteiger partial charge in [-0.15, -0.1) is 0 Å². The van der Waals surface area contributed by atoms with Gasteiger partial charge in [0.2, 0.25) is 0 Å². The fourth-order valence-electron chi connectivity index (χ4n) is 1.88. The molecule has 1 fully saturated rings. The molecule has 1 amide bonds. The SMILES string of the molecule is CC(C)(C)OC(=O)N[C@H]1CCN(C[B-](F)(F)F)C1. The summed E-state index contributed by atoms with van der Waals surface area (Å²) in [6.07, 6.45) is -0.926. The zero-order valence-electron chi connectivity index (χ0n) is 10.9. The van der Waals surface area contributed by atoms with Gasteiger partial charge in [-0.1, -0.05) is 0 Å². The number of halogens is 3. The van der Waals surface area contributed by atoms with Crippen LogP contribution >= 0.6 is 0 Å². The van der Waals surface area contributed by atoms with Crippen molar-refractivity contribution in [3.63, 3.8) is 0 Å². The molecular weight excluding hydrogens is 248 g/mol. The summed E-state index contributed by atoms with van der Waals surface area (Å²) in [5.74, 6) is 0. The van der Waals surface area contributed by atoms with Crippen LogP contribution in [0, 0.1) is 0 Å². The van der Waals surface area contributed by atoms with E-state index in [2.05, 4.69) is 5.32 Å². The molecule has 0 radical (unpaired) electrons. The number of carbonyl (C=O) groups excluding carboxylic acids is 1. The summed E-state index contributed by atoms with van der Waals surface area (Å²) in [5.41, 5.74) is -0.600. The van der Waals surface area contributed by atoms with E-state index in [0.29, 0.717) is 13.0 Å². The van der Waals surface area contributed by atoms with Crippen LogP contribution in [0.1, 0.15) is 27.2 Å². The third-order valence-corrected chi connectivity index (χ3v) is 2.46. The Bertz CT molecular complexity index is 304. The second kappa shape index (κ2) is 5.38. The van der Waals surface area contributed by atoms with Crippen molar-refractivity contribution in [2.24, 2.45) is 0 Å². The smallest absolute Gasteiger partial charge is 0.448 e. The summed E-state index contributed by atoms with van der Waals surface area (Å²) in [4.78, 5) is 12.7. The van der Waals surface area contributed by atoms with Crippen LogP contribution < -0.4 is 5.32 Å². The highest BCUT2D eigenvalue weighted by molar-refractivity contribution is 6.58. The summed E-state index contributed by atoms with van der Waals surface area (Å²) in [7, 11) is 0. The highest BCUT2D eigenvalue weighted by Crippen LogP contribution is 2.16. The molecule has 0 aliphatic carbocycles. The fourth-order valence-corrected chi connectivity index (χ4v) is 1.88. The van der Waals surface area contributed by atoms with Crippen LogP contribution in [0.25, 0.3) is 0 Å². The van der Waals surface area contributed by atoms with Crippen molar-refractivity contribution in [1.29, 1.82) is 0 Å². The Hall–Kier alpha value is -0.915. The van der Waals surface area contributed by atoms with Gasteiger partial charge < -0.3 is 27.9 Å². The fraction of sp³-hybridized carbons (Fsp3) is 0.900. The average molecular weight is 267 g/mol. The molecule has 0 aromatic rings. The van der Waals surface area contributed by atoms with Crippen molar-refractivity contribution in [3.05, 3.63) is 0 Å². The van der Waals surface area contributed by atoms with Crippen molar-refractivity contribution >= 4 is 13.1 Å². The predicted molar refractivity (Wildman–Crippen MR) is 63.3 cm³/mol. The number of ether oxygens (including phenoxy) is 1. The van der Waals surface area contributed by atoms with Crippen LogP contribution in [0.15, 0.2) is 0 Å². The van der Waals surface area contributed by atoms with Crippen LogP contribution in [0.5, 0.6) is 0 Å². The molecule has 1 N–H and O–H groups in total. The molecule has 1 heterocycles. The normalized spacial score (nSPS) is 22.0. The van der Waals surface area contributed by atoms with Crippen LogP contribution in [0.2, 0.25) is 0 Å². The number of nitrogens with zero attached hydrogens (tertiary/aromatic N) is 1. The molecule has 8 heteroatoms. The first kappa shape index (κ1) is 15.1. The number of likely N-dealkylation sites (tertiary alicyclic amines) is 1. The Morgan fingerprint density at radius 3 is 2.56 bits per heavy atom. The summed E-state index contributed by atoms with van der Waals surface area (Å²) >= 11 is 0. The zero-order valence-corrected chi connectivity index (χ0v) is 10.9. The van der Waals surface area contributed by atoms with E-state index in [1.165, 1.54) is 4.90 Å². The Morgan fingerprint density at radius 2 is 2.06 bits per heavy atom. The molecule has 4 nitrogen and oxygen atoms in total. The van der Waals surface area contributed by atoms with Gasteiger partial charge in [0.05, 0.1) is 0 Å². The third kappa shape index (κ3) is 6.14. The Balaban J connectivity index is 2.32. The Kier molecular flexibility index (Phi) is 4.53. The minimum absolute atomic E-state index is 0.223. The van der Waals surface area contributed by atoms with Gasteiger partial charge >= 0.3 is 13.1 Å². The lowest BCUT2D eigenvalue weighted by Gasteiger charge is -2.24. The number of nitrogens with one attached hydrogen (secondary N) is 1. The van der Waals surface area contributed by atoms with Gasteiger partial charge in [-0.3, -0.25) is 0 Å².